The lowest BCUT2D eigenvalue weighted by molar-refractivity contribution is 0.974. The van der Waals surface area contributed by atoms with E-state index >= 15 is 0 Å². The summed E-state index contributed by atoms with van der Waals surface area (Å²) in [6, 6.07) is 34.0. The molecule has 0 aliphatic heterocycles. The molecule has 1 atom stereocenters. The summed E-state index contributed by atoms with van der Waals surface area (Å²) in [4.78, 5) is 0. The average molecular weight is 422 g/mol. The molecular weight excluding hydrogens is 386 g/mol. The van der Waals surface area contributed by atoms with Gasteiger partial charge in [-0.1, -0.05) is 90.2 Å². The Hall–Kier alpha value is -1.48. The van der Waals surface area contributed by atoms with Crippen molar-refractivity contribution in [3.63, 3.8) is 0 Å². The minimum atomic E-state index is -1.76. The Morgan fingerprint density at radius 2 is 0.862 bits per heavy atom. The molecule has 3 aromatic rings. The van der Waals surface area contributed by atoms with Crippen LogP contribution in [0.4, 0.5) is 0 Å². The van der Waals surface area contributed by atoms with Gasteiger partial charge in [-0.25, -0.2) is 0 Å². The van der Waals surface area contributed by atoms with Gasteiger partial charge in [0, 0.05) is 6.16 Å². The predicted octanol–water partition coefficient (Wildman–Crippen LogP) is 6.67. The Kier molecular flexibility index (Phi) is 7.67. The van der Waals surface area contributed by atoms with Crippen LogP contribution < -0.4 is 15.9 Å². The van der Waals surface area contributed by atoms with E-state index in [4.69, 9.17) is 0 Å². The van der Waals surface area contributed by atoms with Crippen LogP contribution in [0, 0.1) is 0 Å². The zero-order valence-corrected chi connectivity index (χ0v) is 20.3. The SMILES string of the molecule is CC(C)P(CC(C)[P+](c1ccccc1)(c1ccccc1)c1ccccc1)C(C)C. The molecule has 0 saturated heterocycles. The molecule has 0 saturated carbocycles. The fourth-order valence-corrected chi connectivity index (χ4v) is 13.2. The van der Waals surface area contributed by atoms with Crippen LogP contribution in [0.1, 0.15) is 34.6 Å². The third-order valence-corrected chi connectivity index (χ3v) is 14.7. The Bertz CT molecular complexity index is 752. The molecule has 0 aliphatic rings. The summed E-state index contributed by atoms with van der Waals surface area (Å²) in [5, 5.41) is 4.52. The van der Waals surface area contributed by atoms with E-state index in [1.54, 1.807) is 0 Å². The number of hydrogen-bond donors (Lipinski definition) is 0. The number of benzene rings is 3. The van der Waals surface area contributed by atoms with Gasteiger partial charge in [-0.3, -0.25) is 0 Å². The first-order valence-electron chi connectivity index (χ1n) is 10.8. The highest BCUT2D eigenvalue weighted by Crippen LogP contribution is 2.63. The van der Waals surface area contributed by atoms with Gasteiger partial charge in [-0.15, -0.1) is 0 Å². The van der Waals surface area contributed by atoms with Gasteiger partial charge in [0.25, 0.3) is 0 Å². The second kappa shape index (κ2) is 10.0. The van der Waals surface area contributed by atoms with E-state index in [1.165, 1.54) is 22.1 Å². The van der Waals surface area contributed by atoms with Gasteiger partial charge < -0.3 is 0 Å². The van der Waals surface area contributed by atoms with Crippen LogP contribution in [0.5, 0.6) is 0 Å². The van der Waals surface area contributed by atoms with Crippen LogP contribution >= 0.6 is 15.2 Å². The van der Waals surface area contributed by atoms with Crippen molar-refractivity contribution in [1.29, 1.82) is 0 Å². The van der Waals surface area contributed by atoms with Crippen molar-refractivity contribution in [3.8, 4) is 0 Å². The van der Waals surface area contributed by atoms with Crippen molar-refractivity contribution in [3.05, 3.63) is 91.0 Å². The van der Waals surface area contributed by atoms with E-state index in [1.807, 2.05) is 0 Å². The fraction of sp³-hybridized carbons (Fsp3) is 0.333. The fourth-order valence-electron chi connectivity index (χ4n) is 4.65. The van der Waals surface area contributed by atoms with E-state index in [9.17, 15) is 0 Å². The Morgan fingerprint density at radius 1 is 0.552 bits per heavy atom. The maximum absolute atomic E-state index is 2.53. The van der Waals surface area contributed by atoms with Crippen molar-refractivity contribution >= 4 is 31.1 Å². The largest absolute Gasteiger partial charge is 0.115 e. The summed E-state index contributed by atoms with van der Waals surface area (Å²) in [5.41, 5.74) is 2.12. The highest BCUT2D eigenvalue weighted by Gasteiger charge is 2.50. The molecular formula is C27H35P2+. The highest BCUT2D eigenvalue weighted by atomic mass is 31.2. The minimum absolute atomic E-state index is 0.0257. The summed E-state index contributed by atoms with van der Waals surface area (Å²) in [6.45, 7) is 12.2. The van der Waals surface area contributed by atoms with Crippen LogP contribution in [0.2, 0.25) is 0 Å². The second-order valence-electron chi connectivity index (χ2n) is 8.46. The Balaban J connectivity index is 2.25. The lowest BCUT2D eigenvalue weighted by Crippen LogP contribution is -2.39. The first-order valence-corrected chi connectivity index (χ1v) is 14.3. The smallest absolute Gasteiger partial charge is 0.0975 e. The molecule has 0 fully saturated rings. The maximum atomic E-state index is 2.53. The molecule has 0 N–H and O–H groups in total. The van der Waals surface area contributed by atoms with Crippen molar-refractivity contribution in [2.75, 3.05) is 6.16 Å². The maximum Gasteiger partial charge on any atom is 0.115 e. The second-order valence-corrected chi connectivity index (χ2v) is 15.8. The molecule has 3 aromatic carbocycles. The molecule has 0 radical (unpaired) electrons. The van der Waals surface area contributed by atoms with Gasteiger partial charge in [0.2, 0.25) is 0 Å². The first kappa shape index (κ1) is 22.2. The molecule has 2 heteroatoms. The summed E-state index contributed by atoms with van der Waals surface area (Å²) < 4.78 is 0. The molecule has 1 unspecified atom stereocenters. The topological polar surface area (TPSA) is 0 Å². The van der Waals surface area contributed by atoms with E-state index in [2.05, 4.69) is 126 Å². The van der Waals surface area contributed by atoms with Crippen molar-refractivity contribution in [1.82, 2.24) is 0 Å². The molecule has 0 nitrogen and oxygen atoms in total. The molecule has 3 rings (SSSR count). The number of hydrogen-bond acceptors (Lipinski definition) is 0. The van der Waals surface area contributed by atoms with Gasteiger partial charge in [-0.05, 0) is 54.6 Å². The highest BCUT2D eigenvalue weighted by molar-refractivity contribution is 7.96. The zero-order valence-electron chi connectivity index (χ0n) is 18.5. The third-order valence-electron chi connectivity index (χ3n) is 5.95. The quantitative estimate of drug-likeness (QED) is 0.357. The summed E-state index contributed by atoms with van der Waals surface area (Å²) in [5.74, 6) is 0. The van der Waals surface area contributed by atoms with Crippen molar-refractivity contribution in [2.45, 2.75) is 51.6 Å². The normalized spacial score (nSPS) is 13.2. The molecule has 0 aliphatic carbocycles. The third kappa shape index (κ3) is 4.66. The van der Waals surface area contributed by atoms with Gasteiger partial charge >= 0.3 is 0 Å². The van der Waals surface area contributed by atoms with E-state index in [-0.39, 0.29) is 7.92 Å². The zero-order chi connectivity index (χ0) is 20.9. The van der Waals surface area contributed by atoms with Gasteiger partial charge in [-0.2, -0.15) is 0 Å². The van der Waals surface area contributed by atoms with Gasteiger partial charge in [0.15, 0.2) is 0 Å². The predicted molar refractivity (Wildman–Crippen MR) is 137 cm³/mol. The molecule has 152 valence electrons. The monoisotopic (exact) mass is 421 g/mol. The average Bonchev–Trinajstić information content (AvgIpc) is 2.74. The molecule has 0 aromatic heterocycles. The molecule has 0 heterocycles. The van der Waals surface area contributed by atoms with E-state index in [0.29, 0.717) is 5.66 Å². The molecule has 0 bridgehead atoms. The minimum Gasteiger partial charge on any atom is -0.0975 e. The summed E-state index contributed by atoms with van der Waals surface area (Å²) in [7, 11) is -1.79. The van der Waals surface area contributed by atoms with Crippen molar-refractivity contribution in [2.24, 2.45) is 0 Å². The summed E-state index contributed by atoms with van der Waals surface area (Å²) in [6.07, 6.45) is 1.32. The van der Waals surface area contributed by atoms with Crippen LogP contribution in [-0.4, -0.2) is 23.1 Å². The van der Waals surface area contributed by atoms with Crippen LogP contribution in [-0.2, 0) is 0 Å². The lowest BCUT2D eigenvalue weighted by Gasteiger charge is -2.36. The number of rotatable bonds is 8. The van der Waals surface area contributed by atoms with Crippen LogP contribution in [0.3, 0.4) is 0 Å². The molecule has 0 spiro atoms. The standard InChI is InChI=1S/C27H35P2/c1-22(2)28(23(3)4)21-24(5)29(25-15-9-6-10-16-25,26-17-11-7-12-18-26)27-19-13-8-14-20-27/h6-20,22-24H,21H2,1-5H3/q+1. The van der Waals surface area contributed by atoms with Crippen LogP contribution in [0.15, 0.2) is 91.0 Å². The van der Waals surface area contributed by atoms with E-state index in [0.717, 1.165) is 11.3 Å². The van der Waals surface area contributed by atoms with E-state index < -0.39 is 7.26 Å². The molecule has 0 amide bonds. The molecule has 29 heavy (non-hydrogen) atoms. The van der Waals surface area contributed by atoms with Crippen molar-refractivity contribution < 1.29 is 0 Å². The van der Waals surface area contributed by atoms with Gasteiger partial charge in [0.1, 0.15) is 23.2 Å². The summed E-state index contributed by atoms with van der Waals surface area (Å²) >= 11 is 0. The van der Waals surface area contributed by atoms with Crippen LogP contribution in [0.25, 0.3) is 0 Å². The Labute approximate surface area is 179 Å². The lowest BCUT2D eigenvalue weighted by atomic mass is 10.3. The Morgan fingerprint density at radius 3 is 1.14 bits per heavy atom. The first-order chi connectivity index (χ1) is 14.0. The van der Waals surface area contributed by atoms with Gasteiger partial charge in [0.05, 0.1) is 5.66 Å².